The van der Waals surface area contributed by atoms with Gasteiger partial charge in [0.1, 0.15) is 0 Å². The van der Waals surface area contributed by atoms with Crippen LogP contribution in [0.25, 0.3) is 0 Å². The molecule has 23 heavy (non-hydrogen) atoms. The lowest BCUT2D eigenvalue weighted by molar-refractivity contribution is 1.09. The zero-order chi connectivity index (χ0) is 16.8. The van der Waals surface area contributed by atoms with Crippen molar-refractivity contribution in [2.24, 2.45) is 0 Å². The van der Waals surface area contributed by atoms with Crippen molar-refractivity contribution < 1.29 is 0 Å². The second kappa shape index (κ2) is 13.0. The Kier molecular flexibility index (Phi) is 11.1. The van der Waals surface area contributed by atoms with Crippen molar-refractivity contribution in [2.75, 3.05) is 5.75 Å². The van der Waals surface area contributed by atoms with E-state index in [0.717, 1.165) is 31.4 Å². The van der Waals surface area contributed by atoms with Gasteiger partial charge in [-0.3, -0.25) is 0 Å². The molecule has 0 N–H and O–H groups in total. The van der Waals surface area contributed by atoms with Crippen LogP contribution in [0.3, 0.4) is 0 Å². The standard InChI is InChI=1S/C22H30S/c1-4-7-8-9-10-13-18-23-22-17-12-11-16-21(22)19-20(14-5-2)15-6-3/h5,7-8,10-17H,4,6,9,18-19H2,1-3H3/b8-7?,13-10-,14-5-,20-15+. The summed E-state index contributed by atoms with van der Waals surface area (Å²) < 4.78 is 0. The van der Waals surface area contributed by atoms with Gasteiger partial charge in [-0.25, -0.2) is 0 Å². The zero-order valence-corrected chi connectivity index (χ0v) is 15.6. The summed E-state index contributed by atoms with van der Waals surface area (Å²) in [4.78, 5) is 1.40. The summed E-state index contributed by atoms with van der Waals surface area (Å²) in [5.41, 5.74) is 2.83. The quantitative estimate of drug-likeness (QED) is 0.250. The predicted molar refractivity (Wildman–Crippen MR) is 107 cm³/mol. The number of benzene rings is 1. The molecule has 124 valence electrons. The Balaban J connectivity index is 2.63. The Morgan fingerprint density at radius 3 is 2.52 bits per heavy atom. The summed E-state index contributed by atoms with van der Waals surface area (Å²) in [5.74, 6) is 1.04. The largest absolute Gasteiger partial charge is 0.122 e. The minimum absolute atomic E-state index is 1.02. The number of thioether (sulfide) groups is 1. The third kappa shape index (κ3) is 8.66. The van der Waals surface area contributed by atoms with Gasteiger partial charge in [0, 0.05) is 10.6 Å². The highest BCUT2D eigenvalue weighted by molar-refractivity contribution is 7.99. The fraction of sp³-hybridized carbons (Fsp3) is 0.364. The number of allylic oxidation sites excluding steroid dienone is 7. The van der Waals surface area contributed by atoms with Crippen molar-refractivity contribution in [3.8, 4) is 0 Å². The van der Waals surface area contributed by atoms with Gasteiger partial charge in [-0.05, 0) is 49.8 Å². The van der Waals surface area contributed by atoms with E-state index in [9.17, 15) is 0 Å². The Bertz CT molecular complexity index is 547. The number of hydrogen-bond donors (Lipinski definition) is 0. The van der Waals surface area contributed by atoms with E-state index in [1.165, 1.54) is 16.0 Å². The summed E-state index contributed by atoms with van der Waals surface area (Å²) in [7, 11) is 0. The molecular formula is C22H30S. The highest BCUT2D eigenvalue weighted by atomic mass is 32.2. The van der Waals surface area contributed by atoms with Gasteiger partial charge in [0.2, 0.25) is 0 Å². The molecule has 1 aromatic rings. The van der Waals surface area contributed by atoms with Crippen LogP contribution in [0.2, 0.25) is 0 Å². The van der Waals surface area contributed by atoms with E-state index in [2.05, 4.69) is 87.6 Å². The van der Waals surface area contributed by atoms with Crippen LogP contribution >= 0.6 is 11.8 Å². The maximum atomic E-state index is 2.32. The van der Waals surface area contributed by atoms with Crippen molar-refractivity contribution in [1.29, 1.82) is 0 Å². The van der Waals surface area contributed by atoms with Gasteiger partial charge in [-0.2, -0.15) is 0 Å². The third-order valence-corrected chi connectivity index (χ3v) is 4.46. The highest BCUT2D eigenvalue weighted by Crippen LogP contribution is 2.25. The molecule has 1 heteroatoms. The Morgan fingerprint density at radius 1 is 1.00 bits per heavy atom. The molecule has 0 radical (unpaired) electrons. The molecule has 0 unspecified atom stereocenters. The first-order valence-electron chi connectivity index (χ1n) is 8.64. The Morgan fingerprint density at radius 2 is 1.78 bits per heavy atom. The molecule has 0 spiro atoms. The Hall–Kier alpha value is -1.47. The fourth-order valence-corrected chi connectivity index (χ4v) is 3.24. The average molecular weight is 327 g/mol. The lowest BCUT2D eigenvalue weighted by atomic mass is 10.0. The SMILES string of the molecule is C/C=C\C(=C/CC)Cc1ccccc1SC/C=C\CC=CCC. The smallest absolute Gasteiger partial charge is 0.0161 e. The summed E-state index contributed by atoms with van der Waals surface area (Å²) in [6, 6.07) is 8.77. The summed E-state index contributed by atoms with van der Waals surface area (Å²) in [5, 5.41) is 0. The van der Waals surface area contributed by atoms with E-state index in [0.29, 0.717) is 0 Å². The molecule has 0 heterocycles. The molecule has 0 saturated carbocycles. The van der Waals surface area contributed by atoms with Gasteiger partial charge in [-0.15, -0.1) is 11.8 Å². The van der Waals surface area contributed by atoms with Crippen LogP contribution in [0.1, 0.15) is 45.6 Å². The molecule has 0 bridgehead atoms. The molecule has 0 aromatic heterocycles. The maximum Gasteiger partial charge on any atom is 0.0161 e. The molecular weight excluding hydrogens is 296 g/mol. The zero-order valence-electron chi connectivity index (χ0n) is 14.8. The van der Waals surface area contributed by atoms with Gasteiger partial charge in [0.05, 0.1) is 0 Å². The molecule has 0 aliphatic rings. The van der Waals surface area contributed by atoms with Crippen molar-refractivity contribution in [2.45, 2.75) is 51.3 Å². The molecule has 0 aliphatic carbocycles. The minimum atomic E-state index is 1.02. The van der Waals surface area contributed by atoms with Crippen LogP contribution in [0.5, 0.6) is 0 Å². The van der Waals surface area contributed by atoms with Crippen molar-refractivity contribution >= 4 is 11.8 Å². The monoisotopic (exact) mass is 326 g/mol. The summed E-state index contributed by atoms with van der Waals surface area (Å²) in [6.07, 6.45) is 19.9. The van der Waals surface area contributed by atoms with Crippen LogP contribution in [0.4, 0.5) is 0 Å². The fourth-order valence-electron chi connectivity index (χ4n) is 2.33. The van der Waals surface area contributed by atoms with Crippen LogP contribution in [0.15, 0.2) is 77.3 Å². The number of hydrogen-bond acceptors (Lipinski definition) is 1. The van der Waals surface area contributed by atoms with Gasteiger partial charge < -0.3 is 0 Å². The third-order valence-electron chi connectivity index (χ3n) is 3.39. The normalized spacial score (nSPS) is 12.9. The Labute approximate surface area is 147 Å². The second-order valence-corrected chi connectivity index (χ2v) is 6.43. The van der Waals surface area contributed by atoms with Crippen LogP contribution in [-0.4, -0.2) is 5.75 Å². The van der Waals surface area contributed by atoms with E-state index < -0.39 is 0 Å². The van der Waals surface area contributed by atoms with Crippen molar-refractivity contribution in [3.05, 3.63) is 77.9 Å². The molecule has 0 atom stereocenters. The van der Waals surface area contributed by atoms with Gasteiger partial charge in [-0.1, -0.05) is 74.6 Å². The molecule has 0 amide bonds. The van der Waals surface area contributed by atoms with E-state index in [4.69, 9.17) is 0 Å². The summed E-state index contributed by atoms with van der Waals surface area (Å²) >= 11 is 1.93. The van der Waals surface area contributed by atoms with E-state index >= 15 is 0 Å². The first kappa shape index (κ1) is 19.6. The van der Waals surface area contributed by atoms with Crippen LogP contribution in [-0.2, 0) is 6.42 Å². The van der Waals surface area contributed by atoms with Gasteiger partial charge >= 0.3 is 0 Å². The minimum Gasteiger partial charge on any atom is -0.122 e. The van der Waals surface area contributed by atoms with E-state index in [-0.39, 0.29) is 0 Å². The first-order chi connectivity index (χ1) is 11.3. The van der Waals surface area contributed by atoms with Crippen molar-refractivity contribution in [3.63, 3.8) is 0 Å². The topological polar surface area (TPSA) is 0 Å². The average Bonchev–Trinajstić information content (AvgIpc) is 2.56. The van der Waals surface area contributed by atoms with Gasteiger partial charge in [0.25, 0.3) is 0 Å². The molecule has 0 saturated heterocycles. The van der Waals surface area contributed by atoms with Crippen LogP contribution < -0.4 is 0 Å². The first-order valence-corrected chi connectivity index (χ1v) is 9.62. The van der Waals surface area contributed by atoms with E-state index in [1.54, 1.807) is 0 Å². The lowest BCUT2D eigenvalue weighted by Crippen LogP contribution is -1.91. The van der Waals surface area contributed by atoms with E-state index in [1.807, 2.05) is 11.8 Å². The second-order valence-electron chi connectivity index (χ2n) is 5.37. The molecule has 0 nitrogen and oxygen atoms in total. The van der Waals surface area contributed by atoms with Crippen LogP contribution in [0, 0.1) is 0 Å². The molecule has 1 rings (SSSR count). The molecule has 1 aromatic carbocycles. The van der Waals surface area contributed by atoms with Gasteiger partial charge in [0.15, 0.2) is 0 Å². The lowest BCUT2D eigenvalue weighted by Gasteiger charge is -2.09. The molecule has 0 aliphatic heterocycles. The predicted octanol–water partition coefficient (Wildman–Crippen LogP) is 7.15. The number of rotatable bonds is 10. The maximum absolute atomic E-state index is 2.32. The summed E-state index contributed by atoms with van der Waals surface area (Å²) in [6.45, 7) is 6.45. The molecule has 0 fully saturated rings. The van der Waals surface area contributed by atoms with Crippen molar-refractivity contribution in [1.82, 2.24) is 0 Å². The highest BCUT2D eigenvalue weighted by Gasteiger charge is 2.03.